The first-order valence-electron chi connectivity index (χ1n) is 7.40. The second kappa shape index (κ2) is 4.89. The summed E-state index contributed by atoms with van der Waals surface area (Å²) in [5.74, 6) is 0.824. The molecule has 1 heterocycles. The molecule has 1 unspecified atom stereocenters. The van der Waals surface area contributed by atoms with Crippen LogP contribution in [0.25, 0.3) is 0 Å². The molecule has 2 rings (SSSR count). The van der Waals surface area contributed by atoms with Gasteiger partial charge in [-0.15, -0.1) is 0 Å². The van der Waals surface area contributed by atoms with Gasteiger partial charge in [-0.25, -0.2) is 4.39 Å². The molecule has 0 bridgehead atoms. The highest BCUT2D eigenvalue weighted by Gasteiger charge is 2.54. The molecule has 2 nitrogen and oxygen atoms in total. The summed E-state index contributed by atoms with van der Waals surface area (Å²) in [6.07, 6.45) is 3.00. The average Bonchev–Trinajstić information content (AvgIpc) is 2.81. The number of allylic oxidation sites excluding steroid dienone is 1. The van der Waals surface area contributed by atoms with Gasteiger partial charge in [0.1, 0.15) is 5.73 Å². The SMILES string of the molecule is CC(C)C1CCCC1=C(F)B1OC(C)(C)C(C)(C)O1. The van der Waals surface area contributed by atoms with E-state index in [1.165, 1.54) is 0 Å². The summed E-state index contributed by atoms with van der Waals surface area (Å²) in [6, 6.07) is 0. The maximum absolute atomic E-state index is 14.7. The largest absolute Gasteiger partial charge is 0.525 e. The van der Waals surface area contributed by atoms with Crippen LogP contribution in [0.3, 0.4) is 0 Å². The molecule has 0 aromatic rings. The van der Waals surface area contributed by atoms with Gasteiger partial charge in [-0.05, 0) is 64.4 Å². The van der Waals surface area contributed by atoms with Crippen molar-refractivity contribution in [2.75, 3.05) is 0 Å². The van der Waals surface area contributed by atoms with E-state index in [0.29, 0.717) is 11.8 Å². The molecule has 2 fully saturated rings. The lowest BCUT2D eigenvalue weighted by molar-refractivity contribution is 0.00578. The Morgan fingerprint density at radius 2 is 1.74 bits per heavy atom. The summed E-state index contributed by atoms with van der Waals surface area (Å²) >= 11 is 0. The Bertz CT molecular complexity index is 372. The van der Waals surface area contributed by atoms with Crippen LogP contribution >= 0.6 is 0 Å². The Morgan fingerprint density at radius 1 is 1.21 bits per heavy atom. The Morgan fingerprint density at radius 3 is 2.21 bits per heavy atom. The van der Waals surface area contributed by atoms with E-state index in [1.54, 1.807) is 0 Å². The van der Waals surface area contributed by atoms with E-state index < -0.39 is 18.3 Å². The fourth-order valence-electron chi connectivity index (χ4n) is 3.00. The van der Waals surface area contributed by atoms with Gasteiger partial charge in [-0.3, -0.25) is 0 Å². The predicted molar refractivity (Wildman–Crippen MR) is 76.4 cm³/mol. The van der Waals surface area contributed by atoms with Crippen molar-refractivity contribution in [1.82, 2.24) is 0 Å². The molecule has 0 aromatic carbocycles. The van der Waals surface area contributed by atoms with Crippen LogP contribution in [0.5, 0.6) is 0 Å². The first-order chi connectivity index (χ1) is 8.66. The summed E-state index contributed by atoms with van der Waals surface area (Å²) in [5.41, 5.74) is -0.188. The molecule has 4 heteroatoms. The monoisotopic (exact) mass is 268 g/mol. The molecule has 2 aliphatic rings. The third-order valence-electron chi connectivity index (χ3n) is 4.98. The standard InChI is InChI=1S/C15H26BFO2/c1-10(2)11-8-7-9-12(11)13(17)16-18-14(3,4)15(5,6)19-16/h10-11H,7-9H2,1-6H3. The Kier molecular flexibility index (Phi) is 3.87. The number of rotatable bonds is 2. The first-order valence-corrected chi connectivity index (χ1v) is 7.40. The van der Waals surface area contributed by atoms with Gasteiger partial charge >= 0.3 is 7.12 Å². The van der Waals surface area contributed by atoms with Crippen LogP contribution in [0, 0.1) is 11.8 Å². The van der Waals surface area contributed by atoms with Crippen molar-refractivity contribution >= 4 is 7.12 Å². The summed E-state index contributed by atoms with van der Waals surface area (Å²) in [7, 11) is -0.820. The minimum atomic E-state index is -0.820. The minimum Gasteiger partial charge on any atom is -0.398 e. The maximum atomic E-state index is 14.7. The summed E-state index contributed by atoms with van der Waals surface area (Å²) in [4.78, 5) is 0. The van der Waals surface area contributed by atoms with Crippen LogP contribution in [0.15, 0.2) is 11.3 Å². The highest BCUT2D eigenvalue weighted by atomic mass is 19.1. The van der Waals surface area contributed by atoms with Gasteiger partial charge in [-0.1, -0.05) is 13.8 Å². The van der Waals surface area contributed by atoms with Gasteiger partial charge in [0.15, 0.2) is 0 Å². The molecule has 0 N–H and O–H groups in total. The van der Waals surface area contributed by atoms with Crippen molar-refractivity contribution in [3.05, 3.63) is 11.3 Å². The lowest BCUT2D eigenvalue weighted by Crippen LogP contribution is -2.41. The summed E-state index contributed by atoms with van der Waals surface area (Å²) < 4.78 is 26.4. The quantitative estimate of drug-likeness (QED) is 0.695. The molecule has 1 atom stereocenters. The maximum Gasteiger partial charge on any atom is 0.525 e. The van der Waals surface area contributed by atoms with E-state index in [1.807, 2.05) is 27.7 Å². The molecule has 19 heavy (non-hydrogen) atoms. The van der Waals surface area contributed by atoms with Crippen molar-refractivity contribution in [2.24, 2.45) is 11.8 Å². The molecule has 0 aromatic heterocycles. The van der Waals surface area contributed by atoms with Crippen molar-refractivity contribution in [1.29, 1.82) is 0 Å². The first kappa shape index (κ1) is 15.1. The van der Waals surface area contributed by atoms with Gasteiger partial charge in [0, 0.05) is 0 Å². The predicted octanol–water partition coefficient (Wildman–Crippen LogP) is 4.30. The molecule has 1 saturated carbocycles. The zero-order valence-corrected chi connectivity index (χ0v) is 13.0. The van der Waals surface area contributed by atoms with Gasteiger partial charge in [0.25, 0.3) is 0 Å². The van der Waals surface area contributed by atoms with Crippen molar-refractivity contribution in [2.45, 2.75) is 72.0 Å². The third-order valence-corrected chi connectivity index (χ3v) is 4.98. The summed E-state index contributed by atoms with van der Waals surface area (Å²) in [6.45, 7) is 12.2. The lowest BCUT2D eigenvalue weighted by atomic mass is 9.79. The topological polar surface area (TPSA) is 18.5 Å². The average molecular weight is 268 g/mol. The van der Waals surface area contributed by atoms with E-state index in [9.17, 15) is 4.39 Å². The lowest BCUT2D eigenvalue weighted by Gasteiger charge is -2.32. The van der Waals surface area contributed by atoms with Crippen LogP contribution < -0.4 is 0 Å². The zero-order chi connectivity index (χ0) is 14.4. The molecule has 1 saturated heterocycles. The van der Waals surface area contributed by atoms with Crippen LogP contribution in [0.1, 0.15) is 60.8 Å². The van der Waals surface area contributed by atoms with Crippen molar-refractivity contribution in [3.63, 3.8) is 0 Å². The fraction of sp³-hybridized carbons (Fsp3) is 0.867. The van der Waals surface area contributed by atoms with E-state index in [4.69, 9.17) is 9.31 Å². The number of hydrogen-bond acceptors (Lipinski definition) is 2. The van der Waals surface area contributed by atoms with Gasteiger partial charge in [0.05, 0.1) is 11.2 Å². The van der Waals surface area contributed by atoms with Gasteiger partial charge in [-0.2, -0.15) is 0 Å². The molecule has 0 radical (unpaired) electrons. The van der Waals surface area contributed by atoms with Crippen LogP contribution in [0.4, 0.5) is 4.39 Å². The van der Waals surface area contributed by atoms with Crippen LogP contribution in [-0.2, 0) is 9.31 Å². The normalized spacial score (nSPS) is 32.2. The Balaban J connectivity index is 2.23. The molecule has 1 aliphatic carbocycles. The smallest absolute Gasteiger partial charge is 0.398 e. The fourth-order valence-corrected chi connectivity index (χ4v) is 3.00. The Hall–Kier alpha value is -0.345. The molecular formula is C15H26BFO2. The molecular weight excluding hydrogens is 242 g/mol. The third kappa shape index (κ3) is 2.62. The van der Waals surface area contributed by atoms with Gasteiger partial charge in [0.2, 0.25) is 0 Å². The van der Waals surface area contributed by atoms with E-state index >= 15 is 0 Å². The second-order valence-corrected chi connectivity index (χ2v) is 7.20. The Labute approximate surface area is 116 Å². The van der Waals surface area contributed by atoms with Crippen LogP contribution in [-0.4, -0.2) is 18.3 Å². The summed E-state index contributed by atoms with van der Waals surface area (Å²) in [5, 5.41) is 0. The number of hydrogen-bond donors (Lipinski definition) is 0. The molecule has 0 spiro atoms. The van der Waals surface area contributed by atoms with Crippen LogP contribution in [0.2, 0.25) is 0 Å². The number of halogens is 1. The van der Waals surface area contributed by atoms with E-state index in [-0.39, 0.29) is 5.73 Å². The molecule has 1 aliphatic heterocycles. The van der Waals surface area contributed by atoms with Crippen molar-refractivity contribution in [3.8, 4) is 0 Å². The minimum absolute atomic E-state index is 0.171. The van der Waals surface area contributed by atoms with E-state index in [2.05, 4.69) is 13.8 Å². The van der Waals surface area contributed by atoms with E-state index in [0.717, 1.165) is 24.8 Å². The highest BCUT2D eigenvalue weighted by Crippen LogP contribution is 2.43. The second-order valence-electron chi connectivity index (χ2n) is 7.20. The van der Waals surface area contributed by atoms with Crippen molar-refractivity contribution < 1.29 is 13.7 Å². The highest BCUT2D eigenvalue weighted by molar-refractivity contribution is 6.53. The molecule has 108 valence electrons. The van der Waals surface area contributed by atoms with Gasteiger partial charge < -0.3 is 9.31 Å². The molecule has 0 amide bonds. The zero-order valence-electron chi connectivity index (χ0n) is 13.0.